The van der Waals surface area contributed by atoms with Gasteiger partial charge in [-0.2, -0.15) is 4.68 Å². The molecular weight excluding hydrogens is 370 g/mol. The number of ketones is 1. The van der Waals surface area contributed by atoms with E-state index in [1.54, 1.807) is 23.0 Å². The third kappa shape index (κ3) is 3.11. The number of nitrogens with one attached hydrogen (secondary N) is 1. The highest BCUT2D eigenvalue weighted by molar-refractivity contribution is 8.00. The van der Waals surface area contributed by atoms with Gasteiger partial charge in [0, 0.05) is 27.7 Å². The zero-order chi connectivity index (χ0) is 18.1. The number of nitrogens with zero attached hydrogens (tertiary/aromatic N) is 4. The van der Waals surface area contributed by atoms with Crippen molar-refractivity contribution in [3.8, 4) is 5.69 Å². The molecule has 1 N–H and O–H groups in total. The lowest BCUT2D eigenvalue weighted by atomic mass is 10.1. The Bertz CT molecular complexity index is 1090. The van der Waals surface area contributed by atoms with Crippen molar-refractivity contribution in [1.82, 2.24) is 25.2 Å². The number of para-hydroxylation sites is 1. The van der Waals surface area contributed by atoms with E-state index in [0.717, 1.165) is 16.6 Å². The number of tetrazole rings is 1. The first-order valence-corrected chi connectivity index (χ1v) is 9.20. The predicted octanol–water partition coefficient (Wildman–Crippen LogP) is 4.16. The van der Waals surface area contributed by atoms with Crippen molar-refractivity contribution >= 4 is 40.0 Å². The molecule has 26 heavy (non-hydrogen) atoms. The Balaban J connectivity index is 1.60. The third-order valence-corrected chi connectivity index (χ3v) is 5.27. The van der Waals surface area contributed by atoms with Gasteiger partial charge in [0.15, 0.2) is 5.78 Å². The second kappa shape index (κ2) is 6.93. The quantitative estimate of drug-likeness (QED) is 0.413. The zero-order valence-corrected chi connectivity index (χ0v) is 15.3. The van der Waals surface area contributed by atoms with Crippen LogP contribution in [-0.4, -0.2) is 36.2 Å². The fraction of sp³-hybridized carbons (Fsp3) is 0.111. The van der Waals surface area contributed by atoms with Crippen LogP contribution in [0.2, 0.25) is 5.02 Å². The van der Waals surface area contributed by atoms with E-state index in [-0.39, 0.29) is 11.0 Å². The van der Waals surface area contributed by atoms with E-state index < -0.39 is 0 Å². The minimum absolute atomic E-state index is 0.0214. The lowest BCUT2D eigenvalue weighted by Crippen LogP contribution is -2.14. The number of thioether (sulfide) groups is 1. The van der Waals surface area contributed by atoms with Crippen LogP contribution >= 0.6 is 23.4 Å². The number of hydrogen-bond donors (Lipinski definition) is 1. The lowest BCUT2D eigenvalue weighted by molar-refractivity contribution is 0.0995. The van der Waals surface area contributed by atoms with Gasteiger partial charge >= 0.3 is 0 Å². The molecule has 0 amide bonds. The molecule has 130 valence electrons. The molecule has 2 aromatic heterocycles. The molecule has 0 fully saturated rings. The number of Topliss-reactive ketones (excluding diaryl/α,β-unsaturated/α-hetero) is 1. The Hall–Kier alpha value is -2.64. The number of H-pyrrole nitrogens is 1. The maximum absolute atomic E-state index is 12.9. The van der Waals surface area contributed by atoms with Gasteiger partial charge < -0.3 is 4.98 Å². The molecule has 0 bridgehead atoms. The average Bonchev–Trinajstić information content (AvgIpc) is 3.28. The van der Waals surface area contributed by atoms with Gasteiger partial charge in [0.05, 0.1) is 10.9 Å². The van der Waals surface area contributed by atoms with Gasteiger partial charge in [-0.3, -0.25) is 4.79 Å². The number of rotatable bonds is 5. The number of halogens is 1. The van der Waals surface area contributed by atoms with Crippen LogP contribution in [0.15, 0.2) is 59.9 Å². The molecule has 0 aliphatic heterocycles. The minimum atomic E-state index is -0.349. The van der Waals surface area contributed by atoms with Crippen LogP contribution in [0.5, 0.6) is 0 Å². The van der Waals surface area contributed by atoms with E-state index in [4.69, 9.17) is 11.6 Å². The Morgan fingerprint density at radius 2 is 2.08 bits per heavy atom. The summed E-state index contributed by atoms with van der Waals surface area (Å²) in [5.74, 6) is 0.0214. The molecule has 1 unspecified atom stereocenters. The van der Waals surface area contributed by atoms with Crippen LogP contribution in [0.1, 0.15) is 17.3 Å². The summed E-state index contributed by atoms with van der Waals surface area (Å²) in [5, 5.41) is 13.5. The summed E-state index contributed by atoms with van der Waals surface area (Å²) in [6, 6.07) is 15.0. The van der Waals surface area contributed by atoms with Crippen molar-refractivity contribution in [3.63, 3.8) is 0 Å². The topological polar surface area (TPSA) is 76.5 Å². The molecule has 2 aromatic carbocycles. The van der Waals surface area contributed by atoms with E-state index >= 15 is 0 Å². The van der Waals surface area contributed by atoms with Crippen LogP contribution in [0.3, 0.4) is 0 Å². The highest BCUT2D eigenvalue weighted by Crippen LogP contribution is 2.28. The number of aromatic amines is 1. The summed E-state index contributed by atoms with van der Waals surface area (Å²) in [6.45, 7) is 1.85. The molecule has 2 heterocycles. The molecule has 0 aliphatic carbocycles. The second-order valence-corrected chi connectivity index (χ2v) is 7.47. The molecular formula is C18H14ClN5OS. The molecule has 0 saturated carbocycles. The third-order valence-electron chi connectivity index (χ3n) is 4.00. The van der Waals surface area contributed by atoms with Crippen molar-refractivity contribution in [2.75, 3.05) is 0 Å². The maximum atomic E-state index is 12.9. The Morgan fingerprint density at radius 3 is 2.92 bits per heavy atom. The summed E-state index contributed by atoms with van der Waals surface area (Å²) < 4.78 is 1.58. The number of aromatic nitrogens is 5. The minimum Gasteiger partial charge on any atom is -0.360 e. The van der Waals surface area contributed by atoms with Gasteiger partial charge in [-0.05, 0) is 41.6 Å². The van der Waals surface area contributed by atoms with Gasteiger partial charge in [-0.15, -0.1) is 5.10 Å². The van der Waals surface area contributed by atoms with Crippen molar-refractivity contribution in [1.29, 1.82) is 0 Å². The highest BCUT2D eigenvalue weighted by Gasteiger charge is 2.22. The summed E-state index contributed by atoms with van der Waals surface area (Å²) in [5.41, 5.74) is 2.36. The highest BCUT2D eigenvalue weighted by atomic mass is 35.5. The smallest absolute Gasteiger partial charge is 0.214 e. The Labute approximate surface area is 158 Å². The number of fused-ring (bicyclic) bond motifs is 1. The van der Waals surface area contributed by atoms with Crippen LogP contribution in [0.25, 0.3) is 16.6 Å². The Morgan fingerprint density at radius 1 is 1.23 bits per heavy atom. The predicted molar refractivity (Wildman–Crippen MR) is 102 cm³/mol. The first-order chi connectivity index (χ1) is 12.6. The molecule has 8 heteroatoms. The fourth-order valence-electron chi connectivity index (χ4n) is 2.73. The average molecular weight is 384 g/mol. The van der Waals surface area contributed by atoms with E-state index in [1.807, 2.05) is 43.3 Å². The van der Waals surface area contributed by atoms with Gasteiger partial charge in [-0.25, -0.2) is 0 Å². The van der Waals surface area contributed by atoms with Crippen molar-refractivity contribution in [2.45, 2.75) is 17.3 Å². The molecule has 4 rings (SSSR count). The summed E-state index contributed by atoms with van der Waals surface area (Å²) in [4.78, 5) is 16.0. The van der Waals surface area contributed by atoms with E-state index in [0.29, 0.717) is 15.7 Å². The van der Waals surface area contributed by atoms with E-state index in [1.165, 1.54) is 11.8 Å². The van der Waals surface area contributed by atoms with Gasteiger partial charge in [0.25, 0.3) is 0 Å². The summed E-state index contributed by atoms with van der Waals surface area (Å²) in [7, 11) is 0. The molecule has 1 atom stereocenters. The SMILES string of the molecule is CC(Sc1nnnn1-c1cccc(Cl)c1)C(=O)c1c[nH]c2ccccc12. The summed E-state index contributed by atoms with van der Waals surface area (Å²) in [6.07, 6.45) is 1.75. The molecule has 6 nitrogen and oxygen atoms in total. The molecule has 4 aromatic rings. The van der Waals surface area contributed by atoms with E-state index in [9.17, 15) is 4.79 Å². The van der Waals surface area contributed by atoms with Crippen LogP contribution in [0.4, 0.5) is 0 Å². The molecule has 0 spiro atoms. The zero-order valence-electron chi connectivity index (χ0n) is 13.8. The monoisotopic (exact) mass is 383 g/mol. The lowest BCUT2D eigenvalue weighted by Gasteiger charge is -2.10. The number of carbonyl (C=O) groups is 1. The number of hydrogen-bond acceptors (Lipinski definition) is 5. The van der Waals surface area contributed by atoms with Crippen LogP contribution in [-0.2, 0) is 0 Å². The van der Waals surface area contributed by atoms with Gasteiger partial charge in [0.1, 0.15) is 0 Å². The van der Waals surface area contributed by atoms with Crippen LogP contribution < -0.4 is 0 Å². The normalized spacial score (nSPS) is 12.4. The van der Waals surface area contributed by atoms with Crippen molar-refractivity contribution in [3.05, 3.63) is 65.3 Å². The standard InChI is InChI=1S/C18H14ClN5OS/c1-11(17(25)15-10-20-16-8-3-2-7-14(15)16)26-18-21-22-23-24(18)13-6-4-5-12(19)9-13/h2-11,20H,1H3. The second-order valence-electron chi connectivity index (χ2n) is 5.73. The molecule has 0 aliphatic rings. The van der Waals surface area contributed by atoms with Crippen molar-refractivity contribution < 1.29 is 4.79 Å². The summed E-state index contributed by atoms with van der Waals surface area (Å²) >= 11 is 7.36. The van der Waals surface area contributed by atoms with E-state index in [2.05, 4.69) is 20.5 Å². The largest absolute Gasteiger partial charge is 0.360 e. The Kier molecular flexibility index (Phi) is 4.48. The molecule has 0 saturated heterocycles. The molecule has 0 radical (unpaired) electrons. The van der Waals surface area contributed by atoms with Crippen LogP contribution in [0, 0.1) is 0 Å². The van der Waals surface area contributed by atoms with Crippen molar-refractivity contribution in [2.24, 2.45) is 0 Å². The number of carbonyl (C=O) groups excluding carboxylic acids is 1. The first kappa shape index (κ1) is 16.8. The first-order valence-electron chi connectivity index (χ1n) is 7.95. The van der Waals surface area contributed by atoms with Gasteiger partial charge in [0.2, 0.25) is 5.16 Å². The maximum Gasteiger partial charge on any atom is 0.214 e. The fourth-order valence-corrected chi connectivity index (χ4v) is 3.79. The number of benzene rings is 2. The van der Waals surface area contributed by atoms with Gasteiger partial charge in [-0.1, -0.05) is 47.6 Å².